The van der Waals surface area contributed by atoms with E-state index < -0.39 is 0 Å². The van der Waals surface area contributed by atoms with Gasteiger partial charge in [-0.1, -0.05) is 20.3 Å². The second-order valence-corrected chi connectivity index (χ2v) is 6.06. The van der Waals surface area contributed by atoms with Crippen molar-refractivity contribution >= 4 is 11.6 Å². The number of nitrogens with zero attached hydrogens (tertiary/aromatic N) is 1. The molecule has 0 aromatic heterocycles. The number of nitrogens with one attached hydrogen (secondary N) is 1. The van der Waals surface area contributed by atoms with Crippen molar-refractivity contribution in [3.8, 4) is 0 Å². The highest BCUT2D eigenvalue weighted by atomic mass is 16.2. The van der Waals surface area contributed by atoms with Gasteiger partial charge in [0, 0.05) is 30.9 Å². The van der Waals surface area contributed by atoms with Gasteiger partial charge in [0.15, 0.2) is 0 Å². The Balaban J connectivity index is 1.98. The van der Waals surface area contributed by atoms with Crippen LogP contribution in [0, 0.1) is 5.41 Å². The molecule has 20 heavy (non-hydrogen) atoms. The normalized spacial score (nSPS) is 17.9. The molecule has 110 valence electrons. The Morgan fingerprint density at radius 3 is 2.30 bits per heavy atom. The van der Waals surface area contributed by atoms with Crippen LogP contribution in [-0.2, 0) is 0 Å². The van der Waals surface area contributed by atoms with Gasteiger partial charge >= 0.3 is 0 Å². The Morgan fingerprint density at radius 2 is 1.80 bits per heavy atom. The quantitative estimate of drug-likeness (QED) is 0.906. The molecule has 1 aromatic rings. The monoisotopic (exact) mass is 274 g/mol. The number of piperidine rings is 1. The summed E-state index contributed by atoms with van der Waals surface area (Å²) < 4.78 is 0. The summed E-state index contributed by atoms with van der Waals surface area (Å²) in [5, 5.41) is 3.25. The summed E-state index contributed by atoms with van der Waals surface area (Å²) in [6.07, 6.45) is 3.43. The SMILES string of the molecule is CCNc1ccc(C(=O)N2CCC(C)(CC)CC2)cc1. The lowest BCUT2D eigenvalue weighted by atomic mass is 9.78. The maximum Gasteiger partial charge on any atom is 0.253 e. The first kappa shape index (κ1) is 14.9. The van der Waals surface area contributed by atoms with Crippen LogP contribution in [0.25, 0.3) is 0 Å². The summed E-state index contributed by atoms with van der Waals surface area (Å²) in [7, 11) is 0. The Kier molecular flexibility index (Phi) is 4.69. The zero-order valence-corrected chi connectivity index (χ0v) is 12.9. The van der Waals surface area contributed by atoms with Crippen LogP contribution < -0.4 is 5.32 Å². The number of rotatable bonds is 4. The molecule has 1 N–H and O–H groups in total. The predicted molar refractivity (Wildman–Crippen MR) is 84.1 cm³/mol. The topological polar surface area (TPSA) is 32.3 Å². The summed E-state index contributed by atoms with van der Waals surface area (Å²) in [5.41, 5.74) is 2.29. The van der Waals surface area contributed by atoms with Crippen molar-refractivity contribution in [2.24, 2.45) is 5.41 Å². The Labute approximate surface area is 122 Å². The molecule has 0 bridgehead atoms. The number of benzene rings is 1. The molecule has 1 heterocycles. The van der Waals surface area contributed by atoms with Gasteiger partial charge < -0.3 is 10.2 Å². The van der Waals surface area contributed by atoms with Crippen molar-refractivity contribution in [1.29, 1.82) is 0 Å². The average molecular weight is 274 g/mol. The van der Waals surface area contributed by atoms with Crippen molar-refractivity contribution < 1.29 is 4.79 Å². The van der Waals surface area contributed by atoms with E-state index in [1.54, 1.807) is 0 Å². The number of hydrogen-bond acceptors (Lipinski definition) is 2. The van der Waals surface area contributed by atoms with E-state index in [1.807, 2.05) is 29.2 Å². The van der Waals surface area contributed by atoms with Gasteiger partial charge in [-0.2, -0.15) is 0 Å². The predicted octanol–water partition coefficient (Wildman–Crippen LogP) is 3.77. The molecule has 0 spiro atoms. The molecule has 0 unspecified atom stereocenters. The van der Waals surface area contributed by atoms with Crippen molar-refractivity contribution in [1.82, 2.24) is 4.90 Å². The van der Waals surface area contributed by atoms with Crippen LogP contribution in [0.1, 0.15) is 50.4 Å². The lowest BCUT2D eigenvalue weighted by molar-refractivity contribution is 0.0600. The molecular weight excluding hydrogens is 248 g/mol. The third-order valence-corrected chi connectivity index (χ3v) is 4.62. The number of likely N-dealkylation sites (tertiary alicyclic amines) is 1. The van der Waals surface area contributed by atoms with E-state index in [-0.39, 0.29) is 5.91 Å². The van der Waals surface area contributed by atoms with Crippen LogP contribution in [0.15, 0.2) is 24.3 Å². The summed E-state index contributed by atoms with van der Waals surface area (Å²) in [6.45, 7) is 9.32. The number of carbonyl (C=O) groups is 1. The van der Waals surface area contributed by atoms with E-state index in [1.165, 1.54) is 6.42 Å². The molecule has 1 fully saturated rings. The minimum atomic E-state index is 0.172. The van der Waals surface area contributed by atoms with Crippen LogP contribution in [-0.4, -0.2) is 30.4 Å². The smallest absolute Gasteiger partial charge is 0.253 e. The van der Waals surface area contributed by atoms with Gasteiger partial charge in [0.25, 0.3) is 5.91 Å². The molecule has 0 atom stereocenters. The van der Waals surface area contributed by atoms with Crippen molar-refractivity contribution in [3.63, 3.8) is 0 Å². The molecule has 0 aliphatic carbocycles. The fraction of sp³-hybridized carbons (Fsp3) is 0.588. The van der Waals surface area contributed by atoms with Crippen molar-refractivity contribution in [2.75, 3.05) is 25.0 Å². The van der Waals surface area contributed by atoms with Gasteiger partial charge in [0.05, 0.1) is 0 Å². The van der Waals surface area contributed by atoms with Crippen LogP contribution in [0.4, 0.5) is 5.69 Å². The van der Waals surface area contributed by atoms with E-state index in [4.69, 9.17) is 0 Å². The highest BCUT2D eigenvalue weighted by Gasteiger charge is 2.30. The largest absolute Gasteiger partial charge is 0.385 e. The molecule has 1 aliphatic rings. The zero-order chi connectivity index (χ0) is 14.6. The van der Waals surface area contributed by atoms with E-state index in [2.05, 4.69) is 26.1 Å². The fourth-order valence-corrected chi connectivity index (χ4v) is 2.72. The highest BCUT2D eigenvalue weighted by Crippen LogP contribution is 2.34. The van der Waals surface area contributed by atoms with E-state index in [9.17, 15) is 4.79 Å². The first-order valence-corrected chi connectivity index (χ1v) is 7.71. The molecule has 1 amide bonds. The third kappa shape index (κ3) is 3.33. The van der Waals surface area contributed by atoms with Crippen LogP contribution in [0.3, 0.4) is 0 Å². The number of hydrogen-bond donors (Lipinski definition) is 1. The molecular formula is C17H26N2O. The summed E-state index contributed by atoms with van der Waals surface area (Å²) >= 11 is 0. The van der Waals surface area contributed by atoms with Crippen molar-refractivity contribution in [3.05, 3.63) is 29.8 Å². The van der Waals surface area contributed by atoms with E-state index in [0.29, 0.717) is 5.41 Å². The summed E-state index contributed by atoms with van der Waals surface area (Å²) in [5.74, 6) is 0.172. The molecule has 0 saturated carbocycles. The summed E-state index contributed by atoms with van der Waals surface area (Å²) in [6, 6.07) is 7.82. The van der Waals surface area contributed by atoms with Gasteiger partial charge in [-0.3, -0.25) is 4.79 Å². The Bertz CT molecular complexity index is 445. The Hall–Kier alpha value is -1.51. The van der Waals surface area contributed by atoms with Crippen LogP contribution >= 0.6 is 0 Å². The lowest BCUT2D eigenvalue weighted by Gasteiger charge is -2.39. The second-order valence-electron chi connectivity index (χ2n) is 6.06. The molecule has 3 heteroatoms. The molecule has 1 aromatic carbocycles. The third-order valence-electron chi connectivity index (χ3n) is 4.62. The lowest BCUT2D eigenvalue weighted by Crippen LogP contribution is -2.41. The highest BCUT2D eigenvalue weighted by molar-refractivity contribution is 5.94. The van der Waals surface area contributed by atoms with Gasteiger partial charge in [-0.25, -0.2) is 0 Å². The van der Waals surface area contributed by atoms with Gasteiger partial charge in [0.1, 0.15) is 0 Å². The average Bonchev–Trinajstić information content (AvgIpc) is 2.48. The van der Waals surface area contributed by atoms with Crippen LogP contribution in [0.2, 0.25) is 0 Å². The minimum absolute atomic E-state index is 0.172. The molecule has 1 saturated heterocycles. The number of amides is 1. The Morgan fingerprint density at radius 1 is 1.20 bits per heavy atom. The number of anilines is 1. The molecule has 3 nitrogen and oxygen atoms in total. The fourth-order valence-electron chi connectivity index (χ4n) is 2.72. The second kappa shape index (κ2) is 6.29. The first-order chi connectivity index (χ1) is 9.58. The standard InChI is InChI=1S/C17H26N2O/c1-4-17(3)10-12-19(13-11-17)16(20)14-6-8-15(9-7-14)18-5-2/h6-9,18H,4-5,10-13H2,1-3H3. The van der Waals surface area contributed by atoms with Gasteiger partial charge in [0.2, 0.25) is 0 Å². The summed E-state index contributed by atoms with van der Waals surface area (Å²) in [4.78, 5) is 14.5. The maximum absolute atomic E-state index is 12.5. The van der Waals surface area contributed by atoms with Gasteiger partial charge in [-0.05, 0) is 49.4 Å². The molecule has 1 aliphatic heterocycles. The van der Waals surface area contributed by atoms with E-state index >= 15 is 0 Å². The van der Waals surface area contributed by atoms with Gasteiger partial charge in [-0.15, -0.1) is 0 Å². The number of carbonyl (C=O) groups excluding carboxylic acids is 1. The maximum atomic E-state index is 12.5. The first-order valence-electron chi connectivity index (χ1n) is 7.71. The van der Waals surface area contributed by atoms with Crippen LogP contribution in [0.5, 0.6) is 0 Å². The van der Waals surface area contributed by atoms with E-state index in [0.717, 1.165) is 43.7 Å². The zero-order valence-electron chi connectivity index (χ0n) is 12.9. The van der Waals surface area contributed by atoms with Crippen molar-refractivity contribution in [2.45, 2.75) is 40.0 Å². The minimum Gasteiger partial charge on any atom is -0.385 e. The molecule has 2 rings (SSSR count). The molecule has 0 radical (unpaired) electrons.